The molecule has 194 valence electrons. The number of anilines is 1. The van der Waals surface area contributed by atoms with Crippen molar-refractivity contribution >= 4 is 23.0 Å². The Kier molecular flexibility index (Phi) is 5.41. The molecule has 9 heteroatoms. The van der Waals surface area contributed by atoms with Gasteiger partial charge in [0.05, 0.1) is 34.8 Å². The average Bonchev–Trinajstić information content (AvgIpc) is 3.28. The lowest BCUT2D eigenvalue weighted by Crippen LogP contribution is -2.62. The number of imidazole rings is 1. The maximum Gasteiger partial charge on any atom is 0.306 e. The number of rotatable bonds is 6. The highest BCUT2D eigenvalue weighted by molar-refractivity contribution is 5.84. The minimum absolute atomic E-state index is 0.173. The predicted octanol–water partition coefficient (Wildman–Crippen LogP) is 4.42. The summed E-state index contributed by atoms with van der Waals surface area (Å²) < 4.78 is 1.99. The normalized spacial score (nSPS) is 16.7. The van der Waals surface area contributed by atoms with E-state index in [9.17, 15) is 9.90 Å². The quantitative estimate of drug-likeness (QED) is 0.339. The van der Waals surface area contributed by atoms with Crippen LogP contribution in [0.1, 0.15) is 18.5 Å². The van der Waals surface area contributed by atoms with Crippen LogP contribution in [0.2, 0.25) is 0 Å². The number of carboxylic acids is 1. The molecule has 0 amide bonds. The first-order valence-electron chi connectivity index (χ1n) is 13.0. The topological polar surface area (TPSA) is 123 Å². The summed E-state index contributed by atoms with van der Waals surface area (Å²) in [5, 5.41) is 9.19. The van der Waals surface area contributed by atoms with Crippen LogP contribution < -0.4 is 5.73 Å². The molecule has 1 spiro atoms. The van der Waals surface area contributed by atoms with Crippen LogP contribution in [-0.2, 0) is 11.3 Å². The Morgan fingerprint density at radius 3 is 2.51 bits per heavy atom. The number of likely N-dealkylation sites (tertiary alicyclic amines) is 1. The highest BCUT2D eigenvalue weighted by Crippen LogP contribution is 2.52. The van der Waals surface area contributed by atoms with Gasteiger partial charge in [0.2, 0.25) is 0 Å². The average molecular weight is 518 g/mol. The van der Waals surface area contributed by atoms with Crippen molar-refractivity contribution in [3.63, 3.8) is 0 Å². The second-order valence-electron chi connectivity index (χ2n) is 10.7. The molecular formula is C30H27N7O2. The molecule has 1 saturated heterocycles. The smallest absolute Gasteiger partial charge is 0.306 e. The molecule has 39 heavy (non-hydrogen) atoms. The second-order valence-corrected chi connectivity index (χ2v) is 10.7. The highest BCUT2D eigenvalue weighted by Gasteiger charge is 2.54. The number of aliphatic carboxylic acids is 1. The van der Waals surface area contributed by atoms with Crippen LogP contribution in [0.4, 0.5) is 5.82 Å². The van der Waals surface area contributed by atoms with Crippen LogP contribution in [0.5, 0.6) is 0 Å². The minimum atomic E-state index is -0.666. The van der Waals surface area contributed by atoms with Crippen LogP contribution in [0.15, 0.2) is 79.1 Å². The standard InChI is InChI=1S/C30H27N7O2/c31-26-23(7-4-12-32-26)27-35-25-11-10-24(19-5-2-1-3-6-19)34-28(25)37(27)22-9-8-21(33-15-22)16-36-17-30(18-36)13-20(14-30)29(38)39/h1-12,15,20H,13-14,16-18H2,(H2,31,32)(H,38,39). The third-order valence-corrected chi connectivity index (χ3v) is 7.93. The van der Waals surface area contributed by atoms with Gasteiger partial charge in [-0.25, -0.2) is 15.0 Å². The maximum absolute atomic E-state index is 11.2. The minimum Gasteiger partial charge on any atom is -0.481 e. The van der Waals surface area contributed by atoms with Gasteiger partial charge in [0, 0.05) is 31.4 Å². The Balaban J connectivity index is 1.21. The monoisotopic (exact) mass is 517 g/mol. The van der Waals surface area contributed by atoms with Crippen molar-refractivity contribution in [1.29, 1.82) is 0 Å². The fourth-order valence-electron chi connectivity index (χ4n) is 6.06. The summed E-state index contributed by atoms with van der Waals surface area (Å²) in [4.78, 5) is 32.5. The molecule has 1 aromatic carbocycles. The number of hydrogen-bond donors (Lipinski definition) is 2. The second kappa shape index (κ2) is 8.99. The number of nitrogens with zero attached hydrogens (tertiary/aromatic N) is 6. The van der Waals surface area contributed by atoms with Crippen LogP contribution in [-0.4, -0.2) is 53.6 Å². The van der Waals surface area contributed by atoms with E-state index >= 15 is 0 Å². The zero-order valence-electron chi connectivity index (χ0n) is 21.2. The third kappa shape index (κ3) is 4.11. The van der Waals surface area contributed by atoms with Crippen LogP contribution in [0.3, 0.4) is 0 Å². The van der Waals surface area contributed by atoms with Crippen LogP contribution >= 0.6 is 0 Å². The van der Waals surface area contributed by atoms with E-state index in [2.05, 4.69) is 9.88 Å². The summed E-state index contributed by atoms with van der Waals surface area (Å²) in [5.41, 5.74) is 12.3. The summed E-state index contributed by atoms with van der Waals surface area (Å²) in [6.45, 7) is 2.61. The first kappa shape index (κ1) is 23.5. The van der Waals surface area contributed by atoms with Gasteiger partial charge in [0.25, 0.3) is 0 Å². The first-order valence-corrected chi connectivity index (χ1v) is 13.0. The maximum atomic E-state index is 11.2. The predicted molar refractivity (Wildman–Crippen MR) is 148 cm³/mol. The third-order valence-electron chi connectivity index (χ3n) is 7.93. The van der Waals surface area contributed by atoms with E-state index in [0.717, 1.165) is 66.2 Å². The van der Waals surface area contributed by atoms with Crippen molar-refractivity contribution in [3.05, 3.63) is 84.8 Å². The van der Waals surface area contributed by atoms with Gasteiger partial charge >= 0.3 is 5.97 Å². The van der Waals surface area contributed by atoms with Crippen molar-refractivity contribution in [1.82, 2.24) is 29.4 Å². The summed E-state index contributed by atoms with van der Waals surface area (Å²) in [5.74, 6) is 0.218. The van der Waals surface area contributed by atoms with E-state index < -0.39 is 5.97 Å². The van der Waals surface area contributed by atoms with Gasteiger partial charge in [0.1, 0.15) is 11.3 Å². The largest absolute Gasteiger partial charge is 0.481 e. The summed E-state index contributed by atoms with van der Waals surface area (Å²) in [7, 11) is 0. The molecule has 5 heterocycles. The lowest BCUT2D eigenvalue weighted by Gasteiger charge is -2.58. The zero-order chi connectivity index (χ0) is 26.6. The molecule has 1 saturated carbocycles. The van der Waals surface area contributed by atoms with Gasteiger partial charge < -0.3 is 10.8 Å². The highest BCUT2D eigenvalue weighted by atomic mass is 16.4. The van der Waals surface area contributed by atoms with E-state index in [4.69, 9.17) is 20.7 Å². The Morgan fingerprint density at radius 2 is 1.79 bits per heavy atom. The number of carboxylic acid groups (broad SMARTS) is 1. The zero-order valence-corrected chi connectivity index (χ0v) is 21.2. The Bertz CT molecular complexity index is 1680. The van der Waals surface area contributed by atoms with Crippen molar-refractivity contribution in [2.24, 2.45) is 11.3 Å². The number of fused-ring (bicyclic) bond motifs is 1. The van der Waals surface area contributed by atoms with Crippen LogP contribution in [0, 0.1) is 11.3 Å². The lowest BCUT2D eigenvalue weighted by molar-refractivity contribution is -0.161. The summed E-state index contributed by atoms with van der Waals surface area (Å²) in [6.07, 6.45) is 5.09. The van der Waals surface area contributed by atoms with E-state index in [1.54, 1.807) is 6.20 Å². The number of aromatic nitrogens is 5. The fraction of sp³-hybridized carbons (Fsp3) is 0.233. The van der Waals surface area contributed by atoms with Gasteiger partial charge in [-0.1, -0.05) is 30.3 Å². The van der Waals surface area contributed by atoms with Crippen molar-refractivity contribution in [3.8, 4) is 28.3 Å². The van der Waals surface area contributed by atoms with Crippen molar-refractivity contribution in [2.45, 2.75) is 19.4 Å². The van der Waals surface area contributed by atoms with Gasteiger partial charge in [0.15, 0.2) is 11.5 Å². The van der Waals surface area contributed by atoms with Gasteiger partial charge in [-0.2, -0.15) is 0 Å². The molecule has 0 atom stereocenters. The lowest BCUT2D eigenvalue weighted by atomic mass is 9.58. The number of pyridine rings is 3. The molecule has 2 aliphatic rings. The number of hydrogen-bond acceptors (Lipinski definition) is 7. The first-order chi connectivity index (χ1) is 19.0. The van der Waals surface area contributed by atoms with Crippen LogP contribution in [0.25, 0.3) is 39.5 Å². The summed E-state index contributed by atoms with van der Waals surface area (Å²) >= 11 is 0. The molecule has 5 aromatic rings. The number of nitrogen functional groups attached to an aromatic ring is 1. The molecule has 7 rings (SSSR count). The molecule has 1 aliphatic heterocycles. The number of benzene rings is 1. The molecule has 9 nitrogen and oxygen atoms in total. The molecule has 2 fully saturated rings. The van der Waals surface area contributed by atoms with E-state index in [0.29, 0.717) is 17.3 Å². The Morgan fingerprint density at radius 1 is 0.974 bits per heavy atom. The van der Waals surface area contributed by atoms with Crippen molar-refractivity contribution in [2.75, 3.05) is 18.8 Å². The van der Waals surface area contributed by atoms with E-state index in [1.165, 1.54) is 0 Å². The molecule has 3 N–H and O–H groups in total. The molecule has 0 radical (unpaired) electrons. The Hall–Kier alpha value is -4.63. The molecular weight excluding hydrogens is 490 g/mol. The SMILES string of the molecule is Nc1ncccc1-c1nc2ccc(-c3ccccc3)nc2n1-c1ccc(CN2CC3(CC(C(=O)O)C3)C2)nc1. The van der Waals surface area contributed by atoms with E-state index in [-0.39, 0.29) is 11.3 Å². The Labute approximate surface area is 225 Å². The molecule has 0 unspecified atom stereocenters. The van der Waals surface area contributed by atoms with Gasteiger partial charge in [-0.05, 0) is 54.7 Å². The molecule has 4 aromatic heterocycles. The summed E-state index contributed by atoms with van der Waals surface area (Å²) in [6, 6.07) is 21.8. The van der Waals surface area contributed by atoms with Gasteiger partial charge in [-0.3, -0.25) is 19.2 Å². The molecule has 0 bridgehead atoms. The van der Waals surface area contributed by atoms with Gasteiger partial charge in [-0.15, -0.1) is 0 Å². The molecule has 1 aliphatic carbocycles. The van der Waals surface area contributed by atoms with Crippen molar-refractivity contribution < 1.29 is 9.90 Å². The fourth-order valence-corrected chi connectivity index (χ4v) is 6.06. The number of nitrogens with two attached hydrogens (primary N) is 1. The number of carbonyl (C=O) groups is 1. The van der Waals surface area contributed by atoms with E-state index in [1.807, 2.05) is 77.5 Å².